The molecule has 144 valence electrons. The van der Waals surface area contributed by atoms with E-state index in [1.54, 1.807) is 0 Å². The number of carbonyl (C=O) groups excluding carboxylic acids is 2. The third kappa shape index (κ3) is 32.9. The van der Waals surface area contributed by atoms with E-state index in [9.17, 15) is 9.59 Å². The highest BCUT2D eigenvalue weighted by molar-refractivity contribution is 5.73. The van der Waals surface area contributed by atoms with Crippen molar-refractivity contribution in [1.82, 2.24) is 0 Å². The summed E-state index contributed by atoms with van der Waals surface area (Å²) in [6, 6.07) is 0. The first-order chi connectivity index (χ1) is 11.5. The second kappa shape index (κ2) is 22.1. The zero-order chi connectivity index (χ0) is 18.5. The number of hydrogen-bond donors (Lipinski definition) is 1. The van der Waals surface area contributed by atoms with Gasteiger partial charge in [0.2, 0.25) is 5.91 Å². The number of ketones is 1. The summed E-state index contributed by atoms with van der Waals surface area (Å²) in [5.74, 6) is 0.0136. The van der Waals surface area contributed by atoms with Crippen molar-refractivity contribution in [1.29, 1.82) is 0 Å². The number of carbonyl (C=O) groups is 2. The molecule has 0 rings (SSSR count). The maximum atomic E-state index is 10.6. The van der Waals surface area contributed by atoms with Gasteiger partial charge in [-0.2, -0.15) is 0 Å². The van der Waals surface area contributed by atoms with Crippen LogP contribution in [0.1, 0.15) is 124 Å². The second-order valence-corrected chi connectivity index (χ2v) is 7.07. The molecule has 0 radical (unpaired) electrons. The highest BCUT2D eigenvalue weighted by Gasteiger charge is 1.96. The van der Waals surface area contributed by atoms with Crippen LogP contribution in [0.15, 0.2) is 0 Å². The molecule has 0 atom stereocenters. The lowest BCUT2D eigenvalue weighted by Gasteiger charge is -2.03. The predicted octanol–water partition coefficient (Wildman–Crippen LogP) is 6.33. The molecule has 0 aromatic heterocycles. The molecule has 0 unspecified atom stereocenters. The first-order valence-corrected chi connectivity index (χ1v) is 10.3. The van der Waals surface area contributed by atoms with Gasteiger partial charge in [0, 0.05) is 6.42 Å². The zero-order valence-electron chi connectivity index (χ0n) is 16.7. The van der Waals surface area contributed by atoms with E-state index in [1.165, 1.54) is 104 Å². The maximum Gasteiger partial charge on any atom is 0.217 e. The molecule has 0 aromatic carbocycles. The molecule has 0 aliphatic rings. The topological polar surface area (TPSA) is 60.2 Å². The number of nitrogens with two attached hydrogens (primary N) is 1. The molecular weight excluding hydrogens is 298 g/mol. The fraction of sp³-hybridized carbons (Fsp3) is 0.905. The first-order valence-electron chi connectivity index (χ1n) is 10.3. The van der Waals surface area contributed by atoms with Gasteiger partial charge in [-0.1, -0.05) is 96.8 Å². The number of hydrogen-bond acceptors (Lipinski definition) is 2. The van der Waals surface area contributed by atoms with Gasteiger partial charge in [-0.3, -0.25) is 4.79 Å². The lowest BCUT2D eigenvalue weighted by atomic mass is 10.0. The molecule has 3 heteroatoms. The Hall–Kier alpha value is -0.860. The molecule has 1 amide bonds. The molecule has 0 spiro atoms. The van der Waals surface area contributed by atoms with E-state index in [4.69, 9.17) is 5.73 Å². The van der Waals surface area contributed by atoms with Gasteiger partial charge in [-0.15, -0.1) is 0 Å². The molecule has 0 aliphatic carbocycles. The van der Waals surface area contributed by atoms with Gasteiger partial charge < -0.3 is 10.5 Å². The Kier molecular flexibility index (Phi) is 23.4. The van der Waals surface area contributed by atoms with Gasteiger partial charge in [0.25, 0.3) is 0 Å². The van der Waals surface area contributed by atoms with E-state index in [-0.39, 0.29) is 11.7 Å². The molecule has 0 heterocycles. The molecule has 0 fully saturated rings. The minimum absolute atomic E-state index is 0.153. The van der Waals surface area contributed by atoms with Crippen LogP contribution in [0, 0.1) is 0 Å². The Morgan fingerprint density at radius 1 is 0.583 bits per heavy atom. The molecular formula is C21H43NO2. The highest BCUT2D eigenvalue weighted by atomic mass is 16.1. The van der Waals surface area contributed by atoms with Crippen LogP contribution in [-0.2, 0) is 9.59 Å². The summed E-state index contributed by atoms with van der Waals surface area (Å²) in [5.41, 5.74) is 5.11. The normalized spacial score (nSPS) is 10.1. The predicted molar refractivity (Wildman–Crippen MR) is 105 cm³/mol. The summed E-state index contributed by atoms with van der Waals surface area (Å²) in [7, 11) is 0. The molecule has 0 bridgehead atoms. The van der Waals surface area contributed by atoms with Crippen molar-refractivity contribution in [2.45, 2.75) is 124 Å². The van der Waals surface area contributed by atoms with Crippen LogP contribution in [0.4, 0.5) is 0 Å². The van der Waals surface area contributed by atoms with Crippen LogP contribution in [0.5, 0.6) is 0 Å². The molecule has 0 aromatic rings. The molecule has 24 heavy (non-hydrogen) atoms. The van der Waals surface area contributed by atoms with Gasteiger partial charge in [0.15, 0.2) is 0 Å². The summed E-state index contributed by atoms with van der Waals surface area (Å²) >= 11 is 0. The molecule has 3 nitrogen and oxygen atoms in total. The van der Waals surface area contributed by atoms with Gasteiger partial charge in [-0.25, -0.2) is 0 Å². The smallest absolute Gasteiger partial charge is 0.217 e. The Labute approximate surface area is 151 Å². The Balaban J connectivity index is 0. The van der Waals surface area contributed by atoms with Crippen LogP contribution < -0.4 is 5.73 Å². The fourth-order valence-corrected chi connectivity index (χ4v) is 2.67. The van der Waals surface area contributed by atoms with E-state index in [0.29, 0.717) is 6.42 Å². The van der Waals surface area contributed by atoms with Crippen LogP contribution in [-0.4, -0.2) is 11.7 Å². The van der Waals surface area contributed by atoms with Crippen LogP contribution >= 0.6 is 0 Å². The van der Waals surface area contributed by atoms with Crippen LogP contribution in [0.25, 0.3) is 0 Å². The lowest BCUT2D eigenvalue weighted by Crippen LogP contribution is -2.09. The van der Waals surface area contributed by atoms with Gasteiger partial charge >= 0.3 is 0 Å². The minimum Gasteiger partial charge on any atom is -0.370 e. The van der Waals surface area contributed by atoms with Crippen molar-refractivity contribution in [2.75, 3.05) is 0 Å². The lowest BCUT2D eigenvalue weighted by molar-refractivity contribution is -0.118. The number of Topliss-reactive ketones (excluding diaryl/α,β-unsaturated/α-hetero) is 1. The van der Waals surface area contributed by atoms with E-state index in [1.807, 2.05) is 0 Å². The molecule has 0 aliphatic heterocycles. The molecule has 0 saturated carbocycles. The summed E-state index contributed by atoms with van der Waals surface area (Å²) in [4.78, 5) is 20.0. The SMILES string of the molecule is CC(C)=O.CCCCCCCCCCCCCCCCCC(N)=O. The summed E-state index contributed by atoms with van der Waals surface area (Å²) < 4.78 is 0. The highest BCUT2D eigenvalue weighted by Crippen LogP contribution is 2.13. The van der Waals surface area contributed by atoms with Crippen molar-refractivity contribution >= 4 is 11.7 Å². The van der Waals surface area contributed by atoms with Crippen molar-refractivity contribution in [3.8, 4) is 0 Å². The second-order valence-electron chi connectivity index (χ2n) is 7.07. The van der Waals surface area contributed by atoms with E-state index in [2.05, 4.69) is 6.92 Å². The van der Waals surface area contributed by atoms with E-state index < -0.39 is 0 Å². The maximum absolute atomic E-state index is 10.6. The number of rotatable bonds is 16. The third-order valence-corrected chi connectivity index (χ3v) is 4.03. The quantitative estimate of drug-likeness (QED) is 0.333. The van der Waals surface area contributed by atoms with Gasteiger partial charge in [0.1, 0.15) is 5.78 Å². The summed E-state index contributed by atoms with van der Waals surface area (Å²) in [5, 5.41) is 0. The molecule has 0 saturated heterocycles. The average Bonchev–Trinajstić information content (AvgIpc) is 2.50. The van der Waals surface area contributed by atoms with Gasteiger partial charge in [0.05, 0.1) is 0 Å². The Bertz CT molecular complexity index is 273. The van der Waals surface area contributed by atoms with Gasteiger partial charge in [-0.05, 0) is 20.3 Å². The van der Waals surface area contributed by atoms with Crippen LogP contribution in [0.3, 0.4) is 0 Å². The van der Waals surface area contributed by atoms with Crippen molar-refractivity contribution in [3.63, 3.8) is 0 Å². The fourth-order valence-electron chi connectivity index (χ4n) is 2.67. The van der Waals surface area contributed by atoms with Crippen molar-refractivity contribution < 1.29 is 9.59 Å². The van der Waals surface area contributed by atoms with Crippen molar-refractivity contribution in [2.24, 2.45) is 5.73 Å². The van der Waals surface area contributed by atoms with Crippen molar-refractivity contribution in [3.05, 3.63) is 0 Å². The monoisotopic (exact) mass is 341 g/mol. The van der Waals surface area contributed by atoms with Crippen LogP contribution in [0.2, 0.25) is 0 Å². The molecule has 2 N–H and O–H groups in total. The Morgan fingerprint density at radius 3 is 1.08 bits per heavy atom. The number of amides is 1. The number of unbranched alkanes of at least 4 members (excludes halogenated alkanes) is 14. The summed E-state index contributed by atoms with van der Waals surface area (Å²) in [6.45, 7) is 5.33. The van der Waals surface area contributed by atoms with E-state index in [0.717, 1.165) is 6.42 Å². The van der Waals surface area contributed by atoms with E-state index >= 15 is 0 Å². The average molecular weight is 342 g/mol. The largest absolute Gasteiger partial charge is 0.370 e. The first kappa shape index (κ1) is 25.4. The Morgan fingerprint density at radius 2 is 0.833 bits per heavy atom. The number of primary amides is 1. The minimum atomic E-state index is -0.153. The summed E-state index contributed by atoms with van der Waals surface area (Å²) in [6.07, 6.45) is 20.9. The third-order valence-electron chi connectivity index (χ3n) is 4.03. The standard InChI is InChI=1S/C18H37NO.C3H6O/c1-2-3-4-5-6-7-8-9-10-11-12-13-14-15-16-17-18(19)20;1-3(2)4/h2-17H2,1H3,(H2,19,20);1-2H3. The zero-order valence-corrected chi connectivity index (χ0v) is 16.7.